The van der Waals surface area contributed by atoms with Crippen LogP contribution in [0, 0.1) is 6.92 Å². The molecule has 0 atom stereocenters. The molecule has 2 aromatic heterocycles. The number of rotatable bonds is 5. The van der Waals surface area contributed by atoms with Crippen molar-refractivity contribution in [2.45, 2.75) is 51.9 Å². The number of nitrogens with zero attached hydrogens (tertiary/aromatic N) is 3. The number of aromatic hydroxyl groups is 1. The van der Waals surface area contributed by atoms with Crippen LogP contribution in [0.5, 0.6) is 11.6 Å². The second kappa shape index (κ2) is 7.62. The van der Waals surface area contributed by atoms with E-state index in [9.17, 15) is 5.11 Å². The fourth-order valence-electron chi connectivity index (χ4n) is 3.89. The summed E-state index contributed by atoms with van der Waals surface area (Å²) in [6.07, 6.45) is 5.52. The Bertz CT molecular complexity index is 991. The molecule has 146 valence electrons. The van der Waals surface area contributed by atoms with Crippen molar-refractivity contribution in [2.75, 3.05) is 7.11 Å². The first-order valence-corrected chi connectivity index (χ1v) is 9.81. The van der Waals surface area contributed by atoms with E-state index in [1.807, 2.05) is 38.1 Å². The minimum atomic E-state index is 0.325. The number of hydrogen-bond acceptors (Lipinski definition) is 6. The Morgan fingerprint density at radius 2 is 1.75 bits per heavy atom. The number of ether oxygens (including phenoxy) is 1. The first-order chi connectivity index (χ1) is 13.6. The fourth-order valence-corrected chi connectivity index (χ4v) is 3.89. The van der Waals surface area contributed by atoms with Gasteiger partial charge in [0.05, 0.1) is 7.11 Å². The van der Waals surface area contributed by atoms with Gasteiger partial charge in [0.15, 0.2) is 0 Å². The lowest BCUT2D eigenvalue weighted by atomic mass is 10.0. The summed E-state index contributed by atoms with van der Waals surface area (Å²) in [5.41, 5.74) is 4.31. The zero-order valence-electron chi connectivity index (χ0n) is 16.5. The number of benzene rings is 1. The molecule has 0 aliphatic heterocycles. The molecule has 0 radical (unpaired) electrons. The smallest absolute Gasteiger partial charge is 0.248 e. The number of hydrogen-bond donors (Lipinski definition) is 1. The first-order valence-electron chi connectivity index (χ1n) is 9.81. The quantitative estimate of drug-likeness (QED) is 0.669. The average Bonchev–Trinajstić information content (AvgIpc) is 3.42. The van der Waals surface area contributed by atoms with Crippen LogP contribution in [0.15, 0.2) is 28.7 Å². The number of aryl methyl sites for hydroxylation is 2. The first kappa shape index (κ1) is 18.5. The van der Waals surface area contributed by atoms with Crippen molar-refractivity contribution >= 4 is 0 Å². The summed E-state index contributed by atoms with van der Waals surface area (Å²) in [7, 11) is 1.62. The van der Waals surface area contributed by atoms with E-state index in [-0.39, 0.29) is 0 Å². The SMILES string of the molecule is CCc1cc(-c2nnc(-c3cc(OC)nc(C4CCCC4)c3)o2)cc(C)c1O. The molecule has 1 saturated carbocycles. The molecule has 1 fully saturated rings. The molecule has 6 heteroatoms. The Labute approximate surface area is 164 Å². The molecule has 3 aromatic rings. The number of methoxy groups -OCH3 is 1. The topological polar surface area (TPSA) is 81.3 Å². The van der Waals surface area contributed by atoms with Gasteiger partial charge in [0, 0.05) is 28.8 Å². The number of pyridine rings is 1. The van der Waals surface area contributed by atoms with Crippen LogP contribution < -0.4 is 4.74 Å². The zero-order chi connectivity index (χ0) is 19.7. The summed E-state index contributed by atoms with van der Waals surface area (Å²) in [5.74, 6) is 2.23. The van der Waals surface area contributed by atoms with Crippen molar-refractivity contribution in [1.29, 1.82) is 0 Å². The zero-order valence-corrected chi connectivity index (χ0v) is 16.5. The van der Waals surface area contributed by atoms with Gasteiger partial charge in [-0.25, -0.2) is 4.98 Å². The van der Waals surface area contributed by atoms with Gasteiger partial charge in [-0.1, -0.05) is 19.8 Å². The van der Waals surface area contributed by atoms with E-state index in [0.29, 0.717) is 29.3 Å². The summed E-state index contributed by atoms with van der Waals surface area (Å²) in [6, 6.07) is 7.63. The predicted octanol–water partition coefficient (Wildman–Crippen LogP) is 5.04. The molecule has 6 nitrogen and oxygen atoms in total. The minimum absolute atomic E-state index is 0.325. The van der Waals surface area contributed by atoms with Gasteiger partial charge in [0.2, 0.25) is 17.7 Å². The van der Waals surface area contributed by atoms with Gasteiger partial charge in [-0.15, -0.1) is 10.2 Å². The van der Waals surface area contributed by atoms with E-state index in [1.165, 1.54) is 12.8 Å². The van der Waals surface area contributed by atoms with E-state index in [4.69, 9.17) is 9.15 Å². The molecule has 1 aliphatic rings. The van der Waals surface area contributed by atoms with Gasteiger partial charge in [-0.2, -0.15) is 0 Å². The van der Waals surface area contributed by atoms with Gasteiger partial charge in [0.1, 0.15) is 5.75 Å². The lowest BCUT2D eigenvalue weighted by Gasteiger charge is -2.11. The van der Waals surface area contributed by atoms with Crippen LogP contribution >= 0.6 is 0 Å². The highest BCUT2D eigenvalue weighted by Crippen LogP contribution is 2.36. The maximum absolute atomic E-state index is 10.2. The molecule has 1 aromatic carbocycles. The van der Waals surface area contributed by atoms with Crippen LogP contribution in [0.1, 0.15) is 55.3 Å². The third-order valence-corrected chi connectivity index (χ3v) is 5.48. The second-order valence-corrected chi connectivity index (χ2v) is 7.37. The Hall–Kier alpha value is -2.89. The van der Waals surface area contributed by atoms with Crippen LogP contribution in [-0.4, -0.2) is 27.4 Å². The van der Waals surface area contributed by atoms with Crippen molar-refractivity contribution in [3.8, 4) is 34.5 Å². The Morgan fingerprint density at radius 3 is 2.39 bits per heavy atom. The molecule has 1 aliphatic carbocycles. The highest BCUT2D eigenvalue weighted by molar-refractivity contribution is 5.62. The van der Waals surface area contributed by atoms with E-state index in [2.05, 4.69) is 15.2 Å². The summed E-state index contributed by atoms with van der Waals surface area (Å²) in [4.78, 5) is 4.63. The largest absolute Gasteiger partial charge is 0.507 e. The molecule has 2 heterocycles. The normalized spacial score (nSPS) is 14.5. The maximum Gasteiger partial charge on any atom is 0.248 e. The number of phenols is 1. The molecular formula is C22H25N3O3. The monoisotopic (exact) mass is 379 g/mol. The van der Waals surface area contributed by atoms with Crippen molar-refractivity contribution in [1.82, 2.24) is 15.2 Å². The minimum Gasteiger partial charge on any atom is -0.507 e. The lowest BCUT2D eigenvalue weighted by molar-refractivity contribution is 0.395. The molecule has 0 bridgehead atoms. The van der Waals surface area contributed by atoms with Crippen molar-refractivity contribution in [3.63, 3.8) is 0 Å². The number of aromatic nitrogens is 3. The summed E-state index contributed by atoms with van der Waals surface area (Å²) >= 11 is 0. The Kier molecular flexibility index (Phi) is 5.03. The van der Waals surface area contributed by atoms with Crippen LogP contribution in [0.4, 0.5) is 0 Å². The van der Waals surface area contributed by atoms with E-state index in [0.717, 1.165) is 47.2 Å². The summed E-state index contributed by atoms with van der Waals surface area (Å²) in [5, 5.41) is 18.6. The summed E-state index contributed by atoms with van der Waals surface area (Å²) < 4.78 is 11.4. The third kappa shape index (κ3) is 3.46. The molecule has 0 amide bonds. The van der Waals surface area contributed by atoms with Crippen molar-refractivity contribution in [3.05, 3.63) is 41.1 Å². The fraction of sp³-hybridized carbons (Fsp3) is 0.409. The highest BCUT2D eigenvalue weighted by atomic mass is 16.5. The maximum atomic E-state index is 10.2. The van der Waals surface area contributed by atoms with Crippen LogP contribution in [0.3, 0.4) is 0 Å². The van der Waals surface area contributed by atoms with E-state index in [1.54, 1.807) is 7.11 Å². The van der Waals surface area contributed by atoms with Gasteiger partial charge in [0.25, 0.3) is 0 Å². The number of phenolic OH excluding ortho intramolecular Hbond substituents is 1. The predicted molar refractivity (Wildman–Crippen MR) is 107 cm³/mol. The van der Waals surface area contributed by atoms with Gasteiger partial charge >= 0.3 is 0 Å². The molecule has 0 spiro atoms. The van der Waals surface area contributed by atoms with E-state index < -0.39 is 0 Å². The average molecular weight is 379 g/mol. The van der Waals surface area contributed by atoms with Gasteiger partial charge in [-0.3, -0.25) is 0 Å². The Morgan fingerprint density at radius 1 is 1.07 bits per heavy atom. The van der Waals surface area contributed by atoms with Crippen LogP contribution in [0.2, 0.25) is 0 Å². The van der Waals surface area contributed by atoms with E-state index >= 15 is 0 Å². The molecule has 0 saturated heterocycles. The second-order valence-electron chi connectivity index (χ2n) is 7.37. The highest BCUT2D eigenvalue weighted by Gasteiger charge is 2.21. The van der Waals surface area contributed by atoms with Crippen LogP contribution in [-0.2, 0) is 6.42 Å². The van der Waals surface area contributed by atoms with Gasteiger partial charge < -0.3 is 14.3 Å². The molecule has 4 rings (SSSR count). The van der Waals surface area contributed by atoms with Crippen LogP contribution in [0.25, 0.3) is 22.9 Å². The summed E-state index contributed by atoms with van der Waals surface area (Å²) in [6.45, 7) is 3.88. The van der Waals surface area contributed by atoms with Crippen molar-refractivity contribution in [2.24, 2.45) is 0 Å². The van der Waals surface area contributed by atoms with Crippen molar-refractivity contribution < 1.29 is 14.3 Å². The third-order valence-electron chi connectivity index (χ3n) is 5.48. The lowest BCUT2D eigenvalue weighted by Crippen LogP contribution is -1.99. The Balaban J connectivity index is 1.71. The molecule has 1 N–H and O–H groups in total. The molecule has 0 unspecified atom stereocenters. The standard InChI is InChI=1S/C22H25N3O3/c1-4-14-10-16(9-13(2)20(14)26)21-24-25-22(28-21)17-11-18(15-7-5-6-8-15)23-19(12-17)27-3/h9-12,15,26H,4-8H2,1-3H3. The van der Waals surface area contributed by atoms with Gasteiger partial charge in [-0.05, 0) is 55.5 Å². The molecule has 28 heavy (non-hydrogen) atoms. The molecular weight excluding hydrogens is 354 g/mol.